The molecule has 0 fully saturated rings. The number of nitrogens with zero attached hydrogens (tertiary/aromatic N) is 1. The van der Waals surface area contributed by atoms with Gasteiger partial charge in [0, 0.05) is 0 Å². The van der Waals surface area contributed by atoms with Gasteiger partial charge in [0.25, 0.3) is 0 Å². The van der Waals surface area contributed by atoms with Crippen LogP contribution in [0.1, 0.15) is 51.3 Å². The quantitative estimate of drug-likeness (QED) is 0.541. The Kier molecular flexibility index (Phi) is 8.86. The monoisotopic (exact) mass is 411 g/mol. The molecule has 0 bridgehead atoms. The molecule has 3 N–H and O–H groups in total. The Morgan fingerprint density at radius 2 is 1.83 bits per heavy atom. The van der Waals surface area contributed by atoms with E-state index in [2.05, 4.69) is 10.6 Å². The van der Waals surface area contributed by atoms with Gasteiger partial charge in [-0.05, 0) is 37.3 Å². The molecule has 29 heavy (non-hydrogen) atoms. The number of nitriles is 1. The van der Waals surface area contributed by atoms with Crippen molar-refractivity contribution in [3.05, 3.63) is 41.5 Å². The smallest absolute Gasteiger partial charge is 0.386 e. The number of alkyl halides is 3. The van der Waals surface area contributed by atoms with Crippen molar-refractivity contribution in [3.8, 4) is 6.07 Å². The molecule has 1 amide bonds. The molecule has 8 heteroatoms. The summed E-state index contributed by atoms with van der Waals surface area (Å²) in [6, 6.07) is 4.34. The lowest BCUT2D eigenvalue weighted by Gasteiger charge is -2.28. The Labute approximate surface area is 169 Å². The Morgan fingerprint density at radius 1 is 1.24 bits per heavy atom. The van der Waals surface area contributed by atoms with Crippen molar-refractivity contribution >= 4 is 12.0 Å². The number of hydrogen-bond acceptors (Lipinski definition) is 4. The third-order valence-electron chi connectivity index (χ3n) is 4.01. The van der Waals surface area contributed by atoms with Gasteiger partial charge in [-0.2, -0.15) is 18.4 Å². The maximum absolute atomic E-state index is 13.7. The minimum atomic E-state index is -4.62. The molecule has 0 saturated heterocycles. The van der Waals surface area contributed by atoms with Gasteiger partial charge in [0.05, 0.1) is 17.7 Å². The predicted molar refractivity (Wildman–Crippen MR) is 106 cm³/mol. The molecule has 1 rings (SSSR count). The summed E-state index contributed by atoms with van der Waals surface area (Å²) in [5, 5.41) is 23.1. The molecule has 160 valence electrons. The highest BCUT2D eigenvalue weighted by Crippen LogP contribution is 2.34. The highest BCUT2D eigenvalue weighted by Gasteiger charge is 2.42. The second kappa shape index (κ2) is 10.4. The van der Waals surface area contributed by atoms with Crippen molar-refractivity contribution in [2.24, 2.45) is 5.92 Å². The largest absolute Gasteiger partial charge is 0.407 e. The Morgan fingerprint density at radius 3 is 2.28 bits per heavy atom. The highest BCUT2D eigenvalue weighted by atomic mass is 19.4. The Bertz CT molecular complexity index is 730. The van der Waals surface area contributed by atoms with E-state index in [9.17, 15) is 23.1 Å². The summed E-state index contributed by atoms with van der Waals surface area (Å²) in [5.74, 6) is -0.664. The first-order chi connectivity index (χ1) is 13.3. The van der Waals surface area contributed by atoms with E-state index in [0.29, 0.717) is 5.56 Å². The van der Waals surface area contributed by atoms with E-state index in [-0.39, 0.29) is 24.4 Å². The average Bonchev–Trinajstić information content (AvgIpc) is 2.60. The molecule has 5 nitrogen and oxygen atoms in total. The van der Waals surface area contributed by atoms with Crippen LogP contribution in [0.3, 0.4) is 0 Å². The normalized spacial score (nSPS) is 14.6. The van der Waals surface area contributed by atoms with Crippen molar-refractivity contribution in [2.75, 3.05) is 6.54 Å². The van der Waals surface area contributed by atoms with Crippen molar-refractivity contribution < 1.29 is 23.1 Å². The van der Waals surface area contributed by atoms with Gasteiger partial charge >= 0.3 is 6.18 Å². The second-order valence-electron chi connectivity index (χ2n) is 7.85. The molecule has 0 aliphatic carbocycles. The van der Waals surface area contributed by atoms with E-state index in [0.717, 1.165) is 0 Å². The molecule has 1 aromatic rings. The van der Waals surface area contributed by atoms with Gasteiger partial charge in [0.2, 0.25) is 5.91 Å². The van der Waals surface area contributed by atoms with Crippen LogP contribution in [0, 0.1) is 17.2 Å². The highest BCUT2D eigenvalue weighted by molar-refractivity contribution is 5.82. The number of carbonyl (C=O) groups is 1. The van der Waals surface area contributed by atoms with Crippen LogP contribution in [0.5, 0.6) is 0 Å². The standard InChI is InChI=1S/C21H28F3N3O2/c1-14(2)13-17(19(28)26-12-11-25)27-18(21(22,23)24)16-7-5-15(6-8-16)9-10-20(3,4)29/h5-10,14,17-18,27,29H,12-13H2,1-4H3,(H,26,28)/b10-9+/t17-,18-/m0/s1. The summed E-state index contributed by atoms with van der Waals surface area (Å²) in [5.41, 5.74) is -0.419. The fraction of sp³-hybridized carbons (Fsp3) is 0.524. The molecule has 0 radical (unpaired) electrons. The van der Waals surface area contributed by atoms with Crippen molar-refractivity contribution in [1.82, 2.24) is 10.6 Å². The molecular formula is C21H28F3N3O2. The van der Waals surface area contributed by atoms with Crippen LogP contribution in [0.2, 0.25) is 0 Å². The molecule has 0 spiro atoms. The minimum Gasteiger partial charge on any atom is -0.386 e. The Balaban J connectivity index is 3.11. The maximum atomic E-state index is 13.7. The number of rotatable bonds is 9. The minimum absolute atomic E-state index is 0.0245. The first-order valence-corrected chi connectivity index (χ1v) is 9.32. The third kappa shape index (κ3) is 9.11. The number of benzene rings is 1. The molecule has 1 aromatic carbocycles. The van der Waals surface area contributed by atoms with Crippen LogP contribution in [-0.2, 0) is 4.79 Å². The summed E-state index contributed by atoms with van der Waals surface area (Å²) in [7, 11) is 0. The van der Waals surface area contributed by atoms with Gasteiger partial charge < -0.3 is 10.4 Å². The van der Waals surface area contributed by atoms with Gasteiger partial charge in [-0.25, -0.2) is 0 Å². The van der Waals surface area contributed by atoms with Crippen molar-refractivity contribution in [1.29, 1.82) is 5.26 Å². The molecular weight excluding hydrogens is 383 g/mol. The second-order valence-corrected chi connectivity index (χ2v) is 7.85. The summed E-state index contributed by atoms with van der Waals surface area (Å²) in [4.78, 5) is 12.2. The molecule has 0 saturated carbocycles. The fourth-order valence-corrected chi connectivity index (χ4v) is 2.65. The zero-order valence-electron chi connectivity index (χ0n) is 17.0. The number of hydrogen-bond donors (Lipinski definition) is 3. The van der Waals surface area contributed by atoms with E-state index in [1.165, 1.54) is 24.3 Å². The van der Waals surface area contributed by atoms with Crippen LogP contribution < -0.4 is 10.6 Å². The topological polar surface area (TPSA) is 85.2 Å². The van der Waals surface area contributed by atoms with Gasteiger partial charge in [0.1, 0.15) is 12.6 Å². The van der Waals surface area contributed by atoms with Crippen LogP contribution in [0.4, 0.5) is 13.2 Å². The zero-order valence-corrected chi connectivity index (χ0v) is 17.0. The number of nitrogens with one attached hydrogen (secondary N) is 2. The van der Waals surface area contributed by atoms with Crippen molar-refractivity contribution in [3.63, 3.8) is 0 Å². The van der Waals surface area contributed by atoms with Gasteiger partial charge in [-0.3, -0.25) is 10.1 Å². The molecule has 0 unspecified atom stereocenters. The molecule has 0 aromatic heterocycles. The van der Waals surface area contributed by atoms with E-state index in [1.54, 1.807) is 45.9 Å². The van der Waals surface area contributed by atoms with E-state index in [1.807, 2.05) is 0 Å². The molecule has 2 atom stereocenters. The number of aliphatic hydroxyl groups is 1. The van der Waals surface area contributed by atoms with Crippen LogP contribution in [0.25, 0.3) is 6.08 Å². The number of carbonyl (C=O) groups excluding carboxylic acids is 1. The molecule has 0 aliphatic rings. The van der Waals surface area contributed by atoms with Crippen molar-refractivity contribution in [2.45, 2.75) is 58.0 Å². The van der Waals surface area contributed by atoms with Crippen LogP contribution in [-0.4, -0.2) is 35.4 Å². The predicted octanol–water partition coefficient (Wildman–Crippen LogP) is 3.72. The van der Waals surface area contributed by atoms with E-state index < -0.39 is 29.8 Å². The summed E-state index contributed by atoms with van der Waals surface area (Å²) < 4.78 is 41.2. The average molecular weight is 411 g/mol. The summed E-state index contributed by atoms with van der Waals surface area (Å²) in [6.45, 7) is 6.52. The summed E-state index contributed by atoms with van der Waals surface area (Å²) in [6.07, 6.45) is -1.26. The lowest BCUT2D eigenvalue weighted by Crippen LogP contribution is -2.49. The number of halogens is 3. The lowest BCUT2D eigenvalue weighted by molar-refractivity contribution is -0.161. The van der Waals surface area contributed by atoms with Gasteiger partial charge in [-0.1, -0.05) is 50.3 Å². The Hall–Kier alpha value is -2.37. The third-order valence-corrected chi connectivity index (χ3v) is 4.01. The van der Waals surface area contributed by atoms with Gasteiger partial charge in [0.15, 0.2) is 0 Å². The molecule has 0 aliphatic heterocycles. The SMILES string of the molecule is CC(C)C[C@H](N[C@@H](c1ccc(/C=C/C(C)(C)O)cc1)C(F)(F)F)C(=O)NCC#N. The van der Waals surface area contributed by atoms with Crippen LogP contribution in [0.15, 0.2) is 30.3 Å². The zero-order chi connectivity index (χ0) is 22.2. The van der Waals surface area contributed by atoms with Crippen LogP contribution >= 0.6 is 0 Å². The number of amides is 1. The molecule has 0 heterocycles. The lowest BCUT2D eigenvalue weighted by atomic mass is 9.98. The summed E-state index contributed by atoms with van der Waals surface area (Å²) >= 11 is 0. The van der Waals surface area contributed by atoms with E-state index in [4.69, 9.17) is 5.26 Å². The fourth-order valence-electron chi connectivity index (χ4n) is 2.65. The first-order valence-electron chi connectivity index (χ1n) is 9.32. The van der Waals surface area contributed by atoms with E-state index >= 15 is 0 Å². The van der Waals surface area contributed by atoms with Gasteiger partial charge in [-0.15, -0.1) is 0 Å². The maximum Gasteiger partial charge on any atom is 0.407 e. The first kappa shape index (κ1) is 24.7.